The summed E-state index contributed by atoms with van der Waals surface area (Å²) in [5, 5.41) is 5.91. The highest BCUT2D eigenvalue weighted by Gasteiger charge is 2.31. The molecule has 0 radical (unpaired) electrons. The predicted octanol–water partition coefficient (Wildman–Crippen LogP) is 5.32. The fraction of sp³-hybridized carbons (Fsp3) is 0.300. The summed E-state index contributed by atoms with van der Waals surface area (Å²) in [5.41, 5.74) is 2.54. The van der Waals surface area contributed by atoms with Gasteiger partial charge in [0.05, 0.1) is 16.9 Å². The monoisotopic (exact) mass is 547 g/mol. The molecule has 1 amide bonds. The van der Waals surface area contributed by atoms with E-state index in [0.717, 1.165) is 18.4 Å². The van der Waals surface area contributed by atoms with Crippen LogP contribution in [0.3, 0.4) is 0 Å². The van der Waals surface area contributed by atoms with Gasteiger partial charge in [-0.1, -0.05) is 18.2 Å². The molecule has 9 nitrogen and oxygen atoms in total. The van der Waals surface area contributed by atoms with Gasteiger partial charge in [-0.25, -0.2) is 9.18 Å². The van der Waals surface area contributed by atoms with Crippen LogP contribution in [0.15, 0.2) is 56.5 Å². The molecule has 0 unspecified atom stereocenters. The molecule has 2 N–H and O–H groups in total. The molecule has 208 valence electrons. The number of nitrogens with one attached hydrogen (secondary N) is 2. The van der Waals surface area contributed by atoms with Crippen LogP contribution in [0.4, 0.5) is 21.5 Å². The third kappa shape index (κ3) is 4.91. The summed E-state index contributed by atoms with van der Waals surface area (Å²) in [4.78, 5) is 39.6. The maximum absolute atomic E-state index is 14.9. The van der Waals surface area contributed by atoms with E-state index in [1.807, 2.05) is 0 Å². The summed E-state index contributed by atoms with van der Waals surface area (Å²) < 4.78 is 32.4. The fourth-order valence-corrected chi connectivity index (χ4v) is 4.95. The van der Waals surface area contributed by atoms with Crippen LogP contribution >= 0.6 is 0 Å². The Morgan fingerprint density at radius 3 is 2.45 bits per heavy atom. The topological polar surface area (TPSA) is 112 Å². The zero-order valence-corrected chi connectivity index (χ0v) is 22.9. The van der Waals surface area contributed by atoms with Crippen molar-refractivity contribution in [1.82, 2.24) is 4.57 Å². The van der Waals surface area contributed by atoms with Gasteiger partial charge < -0.3 is 29.1 Å². The molecule has 40 heavy (non-hydrogen) atoms. The van der Waals surface area contributed by atoms with Crippen LogP contribution in [-0.2, 0) is 14.3 Å². The smallest absolute Gasteiger partial charge is 0.341 e. The van der Waals surface area contributed by atoms with Crippen LogP contribution in [0, 0.1) is 26.6 Å². The number of carbonyl (C=O) groups is 1. The Labute approximate surface area is 229 Å². The van der Waals surface area contributed by atoms with Crippen LogP contribution < -0.4 is 21.8 Å². The molecule has 0 aliphatic heterocycles. The molecular weight excluding hydrogens is 517 g/mol. The summed E-state index contributed by atoms with van der Waals surface area (Å²) >= 11 is 0. The molecule has 1 aliphatic rings. The molecule has 0 saturated heterocycles. The van der Waals surface area contributed by atoms with E-state index < -0.39 is 23.6 Å². The SMILES string of the molecule is COC(OC)C(=O)Nc1cccc(-c2c(C)n(C3CC3)c(=O)c3c(Nc4ccc(C)cc4F)c(C)c(=O)oc23)c1. The summed E-state index contributed by atoms with van der Waals surface area (Å²) in [6.45, 7) is 5.12. The number of pyridine rings is 1. The van der Waals surface area contributed by atoms with Crippen LogP contribution in [0.2, 0.25) is 0 Å². The van der Waals surface area contributed by atoms with Gasteiger partial charge in [0.25, 0.3) is 11.5 Å². The first-order valence-electron chi connectivity index (χ1n) is 12.9. The number of methoxy groups -OCH3 is 2. The number of nitrogens with zero attached hydrogens (tertiary/aromatic N) is 1. The second-order valence-corrected chi connectivity index (χ2v) is 9.94. The maximum atomic E-state index is 14.9. The van der Waals surface area contributed by atoms with Crippen molar-refractivity contribution in [3.05, 3.63) is 85.9 Å². The van der Waals surface area contributed by atoms with Gasteiger partial charge in [0.2, 0.25) is 6.29 Å². The Kier molecular flexibility index (Phi) is 7.31. The van der Waals surface area contributed by atoms with Crippen molar-refractivity contribution in [2.45, 2.75) is 45.9 Å². The third-order valence-corrected chi connectivity index (χ3v) is 7.09. The highest BCUT2D eigenvalue weighted by molar-refractivity contribution is 6.02. The van der Waals surface area contributed by atoms with E-state index in [2.05, 4.69) is 10.6 Å². The minimum Gasteiger partial charge on any atom is -0.421 e. The number of carbonyl (C=O) groups excluding carboxylic acids is 1. The molecule has 0 bridgehead atoms. The molecule has 2 aromatic carbocycles. The summed E-state index contributed by atoms with van der Waals surface area (Å²) in [6, 6.07) is 11.6. The van der Waals surface area contributed by atoms with Crippen molar-refractivity contribution < 1.29 is 23.1 Å². The Hall–Kier alpha value is -4.28. The first kappa shape index (κ1) is 27.3. The quantitative estimate of drug-likeness (QED) is 0.287. The van der Waals surface area contributed by atoms with Gasteiger partial charge in [0.1, 0.15) is 11.2 Å². The van der Waals surface area contributed by atoms with E-state index in [4.69, 9.17) is 13.9 Å². The number of benzene rings is 2. The standard InChI is InChI=1S/C30H30FN3O6/c1-15-9-12-22(21(31)13-15)33-25-16(2)29(37)40-26-23(17(3)34(20-10-11-20)28(36)24(25)26)18-7-6-8-19(14-18)32-27(35)30(38-4)39-5/h6-9,12-14,20,30,33H,10-11H2,1-5H3,(H,32,35). The molecule has 2 heterocycles. The first-order valence-corrected chi connectivity index (χ1v) is 12.9. The molecule has 4 aromatic rings. The average Bonchev–Trinajstić information content (AvgIpc) is 3.74. The second kappa shape index (κ2) is 10.7. The molecular formula is C30H30FN3O6. The Balaban J connectivity index is 1.75. The molecule has 1 fully saturated rings. The number of aryl methyl sites for hydroxylation is 1. The van der Waals surface area contributed by atoms with Crippen molar-refractivity contribution in [2.24, 2.45) is 0 Å². The van der Waals surface area contributed by atoms with Crippen LogP contribution in [0.5, 0.6) is 0 Å². The van der Waals surface area contributed by atoms with Crippen molar-refractivity contribution in [3.63, 3.8) is 0 Å². The minimum absolute atomic E-state index is 0.00102. The van der Waals surface area contributed by atoms with E-state index in [1.54, 1.807) is 54.8 Å². The van der Waals surface area contributed by atoms with E-state index in [0.29, 0.717) is 22.5 Å². The van der Waals surface area contributed by atoms with Crippen molar-refractivity contribution in [1.29, 1.82) is 0 Å². The number of hydrogen-bond donors (Lipinski definition) is 2. The number of ether oxygens (including phenoxy) is 2. The zero-order chi connectivity index (χ0) is 28.7. The van der Waals surface area contributed by atoms with Crippen LogP contribution in [-0.4, -0.2) is 31.0 Å². The fourth-order valence-electron chi connectivity index (χ4n) is 4.95. The molecule has 10 heteroatoms. The minimum atomic E-state index is -1.10. The van der Waals surface area contributed by atoms with E-state index in [-0.39, 0.29) is 39.5 Å². The molecule has 0 atom stereocenters. The predicted molar refractivity (Wildman–Crippen MR) is 151 cm³/mol. The van der Waals surface area contributed by atoms with Crippen molar-refractivity contribution in [2.75, 3.05) is 24.9 Å². The van der Waals surface area contributed by atoms with Crippen LogP contribution in [0.25, 0.3) is 22.1 Å². The van der Waals surface area contributed by atoms with Gasteiger partial charge in [0.15, 0.2) is 5.58 Å². The van der Waals surface area contributed by atoms with E-state index in [1.165, 1.54) is 27.2 Å². The number of fused-ring (bicyclic) bond motifs is 1. The Morgan fingerprint density at radius 1 is 1.07 bits per heavy atom. The largest absolute Gasteiger partial charge is 0.421 e. The number of rotatable bonds is 8. The molecule has 1 saturated carbocycles. The van der Waals surface area contributed by atoms with Crippen molar-refractivity contribution >= 4 is 33.9 Å². The zero-order valence-electron chi connectivity index (χ0n) is 22.9. The first-order chi connectivity index (χ1) is 19.1. The summed E-state index contributed by atoms with van der Waals surface area (Å²) in [5.74, 6) is -1.01. The number of anilines is 3. The van der Waals surface area contributed by atoms with Gasteiger partial charge in [-0.2, -0.15) is 0 Å². The van der Waals surface area contributed by atoms with Gasteiger partial charge in [-0.15, -0.1) is 0 Å². The van der Waals surface area contributed by atoms with E-state index >= 15 is 0 Å². The Morgan fingerprint density at radius 2 is 1.80 bits per heavy atom. The number of hydrogen-bond acceptors (Lipinski definition) is 7. The lowest BCUT2D eigenvalue weighted by Gasteiger charge is -2.20. The maximum Gasteiger partial charge on any atom is 0.341 e. The molecule has 0 spiro atoms. The van der Waals surface area contributed by atoms with Gasteiger partial charge in [0, 0.05) is 37.2 Å². The van der Waals surface area contributed by atoms with Crippen molar-refractivity contribution in [3.8, 4) is 11.1 Å². The van der Waals surface area contributed by atoms with E-state index in [9.17, 15) is 18.8 Å². The summed E-state index contributed by atoms with van der Waals surface area (Å²) in [7, 11) is 2.72. The van der Waals surface area contributed by atoms with Gasteiger partial charge in [-0.05, 0) is 69.0 Å². The normalized spacial score (nSPS) is 13.2. The van der Waals surface area contributed by atoms with Gasteiger partial charge in [-0.3, -0.25) is 9.59 Å². The lowest BCUT2D eigenvalue weighted by Crippen LogP contribution is -2.31. The molecule has 1 aliphatic carbocycles. The van der Waals surface area contributed by atoms with Crippen LogP contribution in [0.1, 0.15) is 35.7 Å². The lowest BCUT2D eigenvalue weighted by atomic mass is 9.99. The third-order valence-electron chi connectivity index (χ3n) is 7.09. The molecule has 5 rings (SSSR count). The van der Waals surface area contributed by atoms with Gasteiger partial charge >= 0.3 is 5.63 Å². The number of amides is 1. The Bertz CT molecular complexity index is 1750. The average molecular weight is 548 g/mol. The second-order valence-electron chi connectivity index (χ2n) is 9.94. The summed E-state index contributed by atoms with van der Waals surface area (Å²) in [6.07, 6.45) is 0.574. The lowest BCUT2D eigenvalue weighted by molar-refractivity contribution is -0.153. The number of aromatic nitrogens is 1. The highest BCUT2D eigenvalue weighted by Crippen LogP contribution is 2.41. The number of halogens is 1. The molecule has 2 aromatic heterocycles. The highest BCUT2D eigenvalue weighted by atomic mass is 19.1.